The number of allylic oxidation sites excluding steroid dienone is 3. The van der Waals surface area contributed by atoms with Crippen LogP contribution in [-0.4, -0.2) is 39.3 Å². The molecule has 0 aromatic heterocycles. The molecule has 0 amide bonds. The highest BCUT2D eigenvalue weighted by Gasteiger charge is 2.61. The molecule has 0 radical (unpaired) electrons. The lowest BCUT2D eigenvalue weighted by Crippen LogP contribution is -2.56. The van der Waals surface area contributed by atoms with Crippen molar-refractivity contribution in [2.75, 3.05) is 0 Å². The number of fused-ring (bicyclic) bond motifs is 5. The number of carboxylic acids is 1. The molecule has 25 heavy (non-hydrogen) atoms. The van der Waals surface area contributed by atoms with Gasteiger partial charge in [0.25, 0.3) is 0 Å². The molecule has 4 aliphatic carbocycles. The molecule has 136 valence electrons. The number of ketones is 1. The number of aliphatic hydroxyl groups is 2. The highest BCUT2D eigenvalue weighted by Crippen LogP contribution is 2.64. The maximum absolute atomic E-state index is 12.1. The minimum Gasteiger partial charge on any atom is -0.478 e. The van der Waals surface area contributed by atoms with Gasteiger partial charge in [0, 0.05) is 11.3 Å². The van der Waals surface area contributed by atoms with Crippen LogP contribution in [0.25, 0.3) is 0 Å². The van der Waals surface area contributed by atoms with E-state index in [2.05, 4.69) is 6.92 Å². The van der Waals surface area contributed by atoms with Crippen LogP contribution in [0.15, 0.2) is 23.3 Å². The van der Waals surface area contributed by atoms with Gasteiger partial charge in [0.2, 0.25) is 0 Å². The number of carbonyl (C=O) groups excluding carboxylic acids is 1. The van der Waals surface area contributed by atoms with Crippen LogP contribution in [0.3, 0.4) is 0 Å². The number of carbonyl (C=O) groups is 2. The van der Waals surface area contributed by atoms with Crippen molar-refractivity contribution < 1.29 is 24.9 Å². The SMILES string of the molecule is C[C@]12C=C(C(=O)O)C(=O)C=C1CC[C@@H]1[C@H]2C(O)C[C@]2(C)C(O)CC[C@@H]12. The molecule has 0 bridgehead atoms. The van der Waals surface area contributed by atoms with Crippen molar-refractivity contribution in [1.29, 1.82) is 0 Å². The van der Waals surface area contributed by atoms with Crippen LogP contribution in [0.5, 0.6) is 0 Å². The summed E-state index contributed by atoms with van der Waals surface area (Å²) in [4.78, 5) is 23.6. The van der Waals surface area contributed by atoms with Crippen LogP contribution < -0.4 is 0 Å². The average molecular weight is 346 g/mol. The second-order valence-corrected chi connectivity index (χ2v) is 8.88. The summed E-state index contributed by atoms with van der Waals surface area (Å²) in [5.74, 6) is -1.15. The number of hydrogen-bond donors (Lipinski definition) is 3. The van der Waals surface area contributed by atoms with Crippen molar-refractivity contribution in [2.45, 2.75) is 58.2 Å². The molecule has 4 aliphatic rings. The molecular weight excluding hydrogens is 320 g/mol. The minimum absolute atomic E-state index is 0.0988. The lowest BCUT2D eigenvalue weighted by Gasteiger charge is -2.58. The molecule has 0 aliphatic heterocycles. The number of hydrogen-bond acceptors (Lipinski definition) is 4. The van der Waals surface area contributed by atoms with E-state index in [0.717, 1.165) is 31.3 Å². The molecule has 4 rings (SSSR count). The fourth-order valence-corrected chi connectivity index (χ4v) is 6.57. The Hall–Kier alpha value is -1.46. The summed E-state index contributed by atoms with van der Waals surface area (Å²) >= 11 is 0. The van der Waals surface area contributed by atoms with Crippen LogP contribution in [0.2, 0.25) is 0 Å². The molecule has 5 heteroatoms. The molecule has 0 aromatic carbocycles. The third-order valence-corrected chi connectivity index (χ3v) is 7.78. The Morgan fingerprint density at radius 2 is 1.92 bits per heavy atom. The predicted octanol–water partition coefficient (Wildman–Crippen LogP) is 2.08. The van der Waals surface area contributed by atoms with Gasteiger partial charge in [-0.25, -0.2) is 4.79 Å². The smallest absolute Gasteiger partial charge is 0.339 e. The Kier molecular flexibility index (Phi) is 3.58. The second-order valence-electron chi connectivity index (χ2n) is 8.88. The summed E-state index contributed by atoms with van der Waals surface area (Å²) in [6.07, 6.45) is 6.00. The molecule has 0 heterocycles. The van der Waals surface area contributed by atoms with Crippen LogP contribution in [0.1, 0.15) is 46.0 Å². The Morgan fingerprint density at radius 1 is 1.20 bits per heavy atom. The van der Waals surface area contributed by atoms with Gasteiger partial charge in [-0.3, -0.25) is 4.79 Å². The van der Waals surface area contributed by atoms with Gasteiger partial charge in [-0.2, -0.15) is 0 Å². The fraction of sp³-hybridized carbons (Fsp3) is 0.700. The fourth-order valence-electron chi connectivity index (χ4n) is 6.57. The van der Waals surface area contributed by atoms with E-state index in [1.807, 2.05) is 6.92 Å². The second kappa shape index (κ2) is 5.27. The van der Waals surface area contributed by atoms with Gasteiger partial charge in [-0.1, -0.05) is 25.5 Å². The summed E-state index contributed by atoms with van der Waals surface area (Å²) in [5, 5.41) is 30.9. The number of rotatable bonds is 1. The van der Waals surface area contributed by atoms with Crippen molar-refractivity contribution in [3.8, 4) is 0 Å². The zero-order chi connectivity index (χ0) is 18.1. The van der Waals surface area contributed by atoms with Gasteiger partial charge in [-0.05, 0) is 55.4 Å². The summed E-state index contributed by atoms with van der Waals surface area (Å²) < 4.78 is 0. The van der Waals surface area contributed by atoms with Crippen molar-refractivity contribution in [3.05, 3.63) is 23.3 Å². The van der Waals surface area contributed by atoms with Crippen molar-refractivity contribution >= 4 is 11.8 Å². The number of aliphatic carboxylic acids is 1. The van der Waals surface area contributed by atoms with Gasteiger partial charge in [0.1, 0.15) is 5.57 Å². The lowest BCUT2D eigenvalue weighted by atomic mass is 9.47. The van der Waals surface area contributed by atoms with Crippen LogP contribution in [0, 0.1) is 28.6 Å². The Morgan fingerprint density at radius 3 is 2.60 bits per heavy atom. The zero-order valence-electron chi connectivity index (χ0n) is 14.7. The first-order chi connectivity index (χ1) is 11.7. The maximum atomic E-state index is 12.1. The predicted molar refractivity (Wildman–Crippen MR) is 90.6 cm³/mol. The van der Waals surface area contributed by atoms with Crippen LogP contribution >= 0.6 is 0 Å². The van der Waals surface area contributed by atoms with Crippen molar-refractivity contribution in [1.82, 2.24) is 0 Å². The van der Waals surface area contributed by atoms with E-state index in [4.69, 9.17) is 0 Å². The van der Waals surface area contributed by atoms with Crippen molar-refractivity contribution in [3.63, 3.8) is 0 Å². The van der Waals surface area contributed by atoms with Crippen molar-refractivity contribution in [2.24, 2.45) is 28.6 Å². The van der Waals surface area contributed by atoms with E-state index >= 15 is 0 Å². The number of aliphatic hydroxyl groups excluding tert-OH is 2. The molecule has 0 saturated heterocycles. The van der Waals surface area contributed by atoms with Gasteiger partial charge in [0.05, 0.1) is 12.2 Å². The quantitative estimate of drug-likeness (QED) is 0.632. The van der Waals surface area contributed by atoms with E-state index in [1.54, 1.807) is 6.08 Å². The van der Waals surface area contributed by atoms with Crippen LogP contribution in [0.4, 0.5) is 0 Å². The van der Waals surface area contributed by atoms with E-state index in [0.29, 0.717) is 12.3 Å². The third kappa shape index (κ3) is 2.15. The summed E-state index contributed by atoms with van der Waals surface area (Å²) in [6, 6.07) is 0. The summed E-state index contributed by atoms with van der Waals surface area (Å²) in [5.41, 5.74) is -0.0928. The Labute approximate surface area is 147 Å². The molecule has 3 N–H and O–H groups in total. The van der Waals surface area contributed by atoms with Crippen LogP contribution in [-0.2, 0) is 9.59 Å². The van der Waals surface area contributed by atoms with E-state index in [1.165, 1.54) is 6.08 Å². The standard InChI is InChI=1S/C20H26O5/c1-19-8-12(18(24)25)14(21)7-10(19)3-4-11-13-5-6-16(23)20(13,2)9-15(22)17(11)19/h7-8,11,13,15-17,22-23H,3-6,9H2,1-2H3,(H,24,25)/t11-,13-,15?,16?,17-,19-,20-/m0/s1. The highest BCUT2D eigenvalue weighted by molar-refractivity contribution is 6.22. The molecule has 5 nitrogen and oxygen atoms in total. The van der Waals surface area contributed by atoms with Gasteiger partial charge < -0.3 is 15.3 Å². The normalized spacial score (nSPS) is 48.8. The van der Waals surface area contributed by atoms with E-state index in [-0.39, 0.29) is 28.9 Å². The highest BCUT2D eigenvalue weighted by atomic mass is 16.4. The van der Waals surface area contributed by atoms with Gasteiger partial charge in [-0.15, -0.1) is 0 Å². The molecule has 7 atom stereocenters. The van der Waals surface area contributed by atoms with E-state index < -0.39 is 23.3 Å². The topological polar surface area (TPSA) is 94.8 Å². The first kappa shape index (κ1) is 17.0. The molecule has 0 spiro atoms. The molecule has 3 fully saturated rings. The van der Waals surface area contributed by atoms with E-state index in [9.17, 15) is 24.9 Å². The largest absolute Gasteiger partial charge is 0.478 e. The average Bonchev–Trinajstić information content (AvgIpc) is 2.82. The summed E-state index contributed by atoms with van der Waals surface area (Å²) in [6.45, 7) is 4.06. The first-order valence-corrected chi connectivity index (χ1v) is 9.26. The third-order valence-electron chi connectivity index (χ3n) is 7.78. The zero-order valence-corrected chi connectivity index (χ0v) is 14.7. The molecular formula is C20H26O5. The lowest BCUT2D eigenvalue weighted by molar-refractivity contribution is -0.136. The summed E-state index contributed by atoms with van der Waals surface area (Å²) in [7, 11) is 0. The minimum atomic E-state index is -1.20. The number of carboxylic acid groups (broad SMARTS) is 1. The van der Waals surface area contributed by atoms with Gasteiger partial charge >= 0.3 is 5.97 Å². The Bertz CT molecular complexity index is 707. The molecule has 0 aromatic rings. The molecule has 2 unspecified atom stereocenters. The first-order valence-electron chi connectivity index (χ1n) is 9.26. The van der Waals surface area contributed by atoms with Gasteiger partial charge in [0.15, 0.2) is 5.78 Å². The maximum Gasteiger partial charge on any atom is 0.339 e. The monoisotopic (exact) mass is 346 g/mol. The molecule has 3 saturated carbocycles. The Balaban J connectivity index is 1.79.